The summed E-state index contributed by atoms with van der Waals surface area (Å²) in [5.74, 6) is -24.4. The van der Waals surface area contributed by atoms with Gasteiger partial charge in [-0.1, -0.05) is 6.42 Å². The molecule has 64 heteroatoms. The van der Waals surface area contributed by atoms with Crippen molar-refractivity contribution in [3.05, 3.63) is 0 Å². The number of thioether (sulfide) groups is 8. The van der Waals surface area contributed by atoms with Gasteiger partial charge in [-0.15, -0.1) is 0 Å². The molecule has 27 saturated heterocycles. The van der Waals surface area contributed by atoms with Gasteiger partial charge in [0.05, 0.1) is 103 Å². The van der Waals surface area contributed by atoms with E-state index in [4.69, 9.17) is 75.8 Å². The van der Waals surface area contributed by atoms with Crippen LogP contribution >= 0.6 is 94.1 Å². The van der Waals surface area contributed by atoms with Gasteiger partial charge in [0.15, 0.2) is 50.3 Å². The zero-order chi connectivity index (χ0) is 90.8. The van der Waals surface area contributed by atoms with Gasteiger partial charge in [-0.25, -0.2) is 0 Å². The summed E-state index contributed by atoms with van der Waals surface area (Å²) in [6.07, 6.45) is -81.1. The maximum absolute atomic E-state index is 12.1. The average Bonchev–Trinajstić information content (AvgIpc) is 0.768. The first kappa shape index (κ1) is 135. The minimum atomic E-state index is -2.43. The standard InChI is InChI=1S/C68H104O48S8.8Na/c69-30(70)13-117-5-22-21-3-1-2-4-101-61-47(94)39(86)54(23(103-61)6-118-14-31(71)72)111-63-49(96)41(88)56(25(105-63)8-120-16-33(75)76)113-65-51(98)43(90)58(27(107-65)10-122-18-35(79)80)115-67-53(100)45(92)60(29(109-67)12-124-20-37(83)84)116-68-52(99)44(91)59(28(108-68)11-123-19-36(81)82)114-66-50(97)42(89)57(26(106-66)9-121-17-34(77)78)112-64-48(95)40(87)55(24(104-64)7-119-15-32(73)74)110-62(102-22)46(93)38(21)85;;;;;;;;/h21-29,38-68,85-100H,1-20H2,(H,69,70)(H,71,72)(H,73,74)(H,75,76)(H,77,78)(H,79,80)(H,81,82)(H,83,84);;;;;;;;/q;8*+1/p-8. The first-order valence-corrected chi connectivity index (χ1v) is 47.5. The van der Waals surface area contributed by atoms with Gasteiger partial charge in [-0.05, 0) is 12.8 Å². The molecule has 40 unspecified atom stereocenters. The number of carboxylic acids is 8. The van der Waals surface area contributed by atoms with Crippen molar-refractivity contribution >= 4 is 142 Å². The van der Waals surface area contributed by atoms with Gasteiger partial charge in [-0.2, -0.15) is 94.1 Å². The Morgan fingerprint density at radius 1 is 0.205 bits per heavy atom. The maximum Gasteiger partial charge on any atom is 1.00 e. The predicted octanol–water partition coefficient (Wildman–Crippen LogP) is -44.0. The van der Waals surface area contributed by atoms with Crippen LogP contribution in [0.1, 0.15) is 19.3 Å². The Morgan fingerprint density at radius 2 is 0.356 bits per heavy atom. The minimum absolute atomic E-state index is 0. The van der Waals surface area contributed by atoms with Crippen LogP contribution in [0, 0.1) is 5.92 Å². The quantitative estimate of drug-likeness (QED) is 0.0278. The molecule has 0 aromatic rings. The van der Waals surface area contributed by atoms with Gasteiger partial charge in [0, 0.05) is 105 Å². The molecular formula is C68H96Na8O48S8. The Kier molecular flexibility index (Phi) is 68.4. The summed E-state index contributed by atoms with van der Waals surface area (Å²) in [5, 5.41) is 285. The molecule has 16 bridgehead atoms. The zero-order valence-corrected chi connectivity index (χ0v) is 95.3. The third kappa shape index (κ3) is 39.3. The third-order valence-corrected chi connectivity index (χ3v) is 28.6. The molecule has 27 rings (SSSR count). The number of rotatable bonds is 32. The van der Waals surface area contributed by atoms with E-state index in [1.807, 2.05) is 0 Å². The Bertz CT molecular complexity index is 3400. The van der Waals surface area contributed by atoms with Crippen molar-refractivity contribution in [2.45, 2.75) is 259 Å². The molecule has 0 aromatic carbocycles. The molecule has 27 aliphatic heterocycles. The van der Waals surface area contributed by atoms with Crippen molar-refractivity contribution < 1.29 is 473 Å². The Morgan fingerprint density at radius 3 is 0.538 bits per heavy atom. The molecule has 0 aliphatic carbocycles. The van der Waals surface area contributed by atoms with Crippen molar-refractivity contribution in [2.75, 3.05) is 98.7 Å². The molecule has 0 spiro atoms. The fraction of sp³-hybridized carbons (Fsp3) is 0.882. The summed E-state index contributed by atoms with van der Waals surface area (Å²) in [6.45, 7) is -0.361. The second-order valence-corrected chi connectivity index (χ2v) is 37.8. The molecule has 0 amide bonds. The number of aliphatic hydroxyl groups is 16. The van der Waals surface area contributed by atoms with Gasteiger partial charge >= 0.3 is 236 Å². The molecule has 48 nitrogen and oxygen atoms in total. The molecule has 27 aliphatic rings. The number of hydrogen-bond acceptors (Lipinski definition) is 56. The first-order valence-electron chi connectivity index (χ1n) is 38.3. The Hall–Kier alpha value is 5.28. The molecule has 16 N–H and O–H groups in total. The summed E-state index contributed by atoms with van der Waals surface area (Å²) < 4.78 is 97.2. The summed E-state index contributed by atoms with van der Waals surface area (Å²) in [6, 6.07) is 0. The fourth-order valence-corrected chi connectivity index (χ4v) is 21.1. The fourth-order valence-electron chi connectivity index (χ4n) is 14.7. The van der Waals surface area contributed by atoms with E-state index in [0.717, 1.165) is 11.8 Å². The van der Waals surface area contributed by atoms with E-state index in [1.54, 1.807) is 0 Å². The van der Waals surface area contributed by atoms with Crippen LogP contribution in [0.4, 0.5) is 0 Å². The summed E-state index contributed by atoms with van der Waals surface area (Å²) >= 11 is 4.66. The number of carbonyl (C=O) groups is 8. The minimum Gasteiger partial charge on any atom is -0.549 e. The van der Waals surface area contributed by atoms with Crippen LogP contribution < -0.4 is 277 Å². The molecule has 27 fully saturated rings. The third-order valence-electron chi connectivity index (χ3n) is 20.6. The number of carboxylic acid groups (broad SMARTS) is 8. The predicted molar refractivity (Wildman–Crippen MR) is 401 cm³/mol. The molecule has 27 heterocycles. The van der Waals surface area contributed by atoms with Crippen molar-refractivity contribution in [2.24, 2.45) is 5.92 Å². The Labute approximate surface area is 965 Å². The van der Waals surface area contributed by atoms with Gasteiger partial charge in [0.2, 0.25) is 0 Å². The van der Waals surface area contributed by atoms with Crippen molar-refractivity contribution in [3.63, 3.8) is 0 Å². The van der Waals surface area contributed by atoms with Crippen LogP contribution in [0.15, 0.2) is 0 Å². The van der Waals surface area contributed by atoms with E-state index in [1.165, 1.54) is 0 Å². The first-order chi connectivity index (χ1) is 58.7. The van der Waals surface area contributed by atoms with Crippen molar-refractivity contribution in [3.8, 4) is 0 Å². The maximum atomic E-state index is 12.1. The smallest absolute Gasteiger partial charge is 0.549 e. The Balaban J connectivity index is 0.0000109. The van der Waals surface area contributed by atoms with E-state index in [-0.39, 0.29) is 268 Å². The van der Waals surface area contributed by atoms with E-state index in [0.29, 0.717) is 82.3 Å². The van der Waals surface area contributed by atoms with Crippen LogP contribution in [0.25, 0.3) is 0 Å². The van der Waals surface area contributed by atoms with Gasteiger partial charge < -0.3 is 237 Å². The van der Waals surface area contributed by atoms with Crippen LogP contribution in [0.3, 0.4) is 0 Å². The molecular weight excluding hydrogens is 2030 g/mol. The van der Waals surface area contributed by atoms with Crippen molar-refractivity contribution in [1.82, 2.24) is 0 Å². The normalized spacial score (nSPS) is 40.2. The number of aliphatic hydroxyl groups excluding tert-OH is 16. The molecule has 0 saturated carbocycles. The van der Waals surface area contributed by atoms with Gasteiger partial charge in [-0.3, -0.25) is 0 Å². The molecule has 0 radical (unpaired) electrons. The monoisotopic (exact) mass is 2120 g/mol. The second-order valence-electron chi connectivity index (χ2n) is 29.5. The van der Waals surface area contributed by atoms with Crippen molar-refractivity contribution in [1.29, 1.82) is 0 Å². The number of hydrogen-bond donors (Lipinski definition) is 16. The van der Waals surface area contributed by atoms with E-state index < -0.39 is 380 Å². The summed E-state index contributed by atoms with van der Waals surface area (Å²) in [5.41, 5.74) is 0. The van der Waals surface area contributed by atoms with Crippen LogP contribution in [0.5, 0.6) is 0 Å². The zero-order valence-electron chi connectivity index (χ0n) is 72.7. The van der Waals surface area contributed by atoms with E-state index in [2.05, 4.69) is 0 Å². The summed E-state index contributed by atoms with van der Waals surface area (Å²) in [7, 11) is 0. The number of carbonyl (C=O) groups excluding carboxylic acids is 8. The molecule has 40 atom stereocenters. The largest absolute Gasteiger partial charge is 1.00 e. The van der Waals surface area contributed by atoms with Crippen LogP contribution in [0.2, 0.25) is 0 Å². The SMILES string of the molecule is O=C([O-])CSCC1OC2OC3C(CSCC(=O)[O-])OC(OC4C(CSCC(=O)[O-])OC(OC5C(CSCC(=O)[O-])OC(OC6C(CSCC(=O)[O-])OC(OC7C(CSCC(=O)[O-])OC(OC8C(CSCC(=O)[O-])OC(OC9C(CSCC(=O)[O-])OC(OCCCCC1C(O)C2O)C(O)C9O)C(O)C8O)C(O)C7O)C(O)C6O)C(O)C5O)C(O)C4O)C(O)C3O.[Na+].[Na+].[Na+].[Na+].[Na+].[Na+].[Na+].[Na+]. The average molecular weight is 2120 g/mol. The number of aliphatic carboxylic acids is 8. The second kappa shape index (κ2) is 66.8. The molecule has 0 aromatic heterocycles. The van der Waals surface area contributed by atoms with Crippen LogP contribution in [-0.2, 0) is 114 Å². The topological polar surface area (TPSA) is 792 Å². The molecule has 132 heavy (non-hydrogen) atoms. The van der Waals surface area contributed by atoms with E-state index >= 15 is 0 Å². The molecule has 712 valence electrons. The number of ether oxygens (including phenoxy) is 16. The van der Waals surface area contributed by atoms with Crippen LogP contribution in [-0.4, -0.2) is 468 Å². The van der Waals surface area contributed by atoms with Gasteiger partial charge in [0.1, 0.15) is 134 Å². The van der Waals surface area contributed by atoms with E-state index in [9.17, 15) is 161 Å². The van der Waals surface area contributed by atoms with Gasteiger partial charge in [0.25, 0.3) is 0 Å². The summed E-state index contributed by atoms with van der Waals surface area (Å²) in [4.78, 5) is 94.1.